The fourth-order valence-corrected chi connectivity index (χ4v) is 3.55. The minimum Gasteiger partial charge on any atom is -0.366 e. The molecule has 3 heterocycles. The molecular weight excluding hydrogens is 366 g/mol. The number of aromatic nitrogens is 4. The first kappa shape index (κ1) is 17.7. The first-order valence-electron chi connectivity index (χ1n) is 8.88. The Bertz CT molecular complexity index is 965. The highest BCUT2D eigenvalue weighted by Crippen LogP contribution is 2.34. The van der Waals surface area contributed by atoms with Crippen LogP contribution in [-0.2, 0) is 0 Å². The number of halogens is 1. The molecule has 1 aliphatic heterocycles. The summed E-state index contributed by atoms with van der Waals surface area (Å²) >= 11 is 6.48. The molecule has 1 N–H and O–H groups in total. The summed E-state index contributed by atoms with van der Waals surface area (Å²) in [5.74, 6) is 0.180. The van der Waals surface area contributed by atoms with E-state index >= 15 is 0 Å². The maximum absolute atomic E-state index is 12.7. The average molecular weight is 386 g/mol. The molecule has 0 saturated carbocycles. The van der Waals surface area contributed by atoms with Crippen LogP contribution in [0.15, 0.2) is 36.9 Å². The molecule has 0 spiro atoms. The van der Waals surface area contributed by atoms with Gasteiger partial charge in [-0.2, -0.15) is 10.1 Å². The molecule has 1 aliphatic rings. The smallest absolute Gasteiger partial charge is 0.258 e. The second-order valence-corrected chi connectivity index (χ2v) is 6.77. The molecule has 1 amide bonds. The number of rotatable bonds is 4. The van der Waals surface area contributed by atoms with Gasteiger partial charge in [0, 0.05) is 38.6 Å². The molecule has 0 bridgehead atoms. The molecule has 9 heteroatoms. The third kappa shape index (κ3) is 3.58. The van der Waals surface area contributed by atoms with Crippen molar-refractivity contribution in [2.45, 2.75) is 6.92 Å². The van der Waals surface area contributed by atoms with Crippen LogP contribution in [0.4, 0.5) is 11.4 Å². The van der Waals surface area contributed by atoms with Gasteiger partial charge in [0.2, 0.25) is 0 Å². The summed E-state index contributed by atoms with van der Waals surface area (Å²) in [6.45, 7) is 6.89. The van der Waals surface area contributed by atoms with Gasteiger partial charge in [-0.1, -0.05) is 24.6 Å². The summed E-state index contributed by atoms with van der Waals surface area (Å²) < 4.78 is 1.47. The third-order valence-corrected chi connectivity index (χ3v) is 5.07. The van der Waals surface area contributed by atoms with Gasteiger partial charge in [0.1, 0.15) is 6.33 Å². The van der Waals surface area contributed by atoms with E-state index in [0.717, 1.165) is 38.4 Å². The van der Waals surface area contributed by atoms with Crippen LogP contribution in [0.25, 0.3) is 5.78 Å². The molecule has 140 valence electrons. The van der Waals surface area contributed by atoms with Gasteiger partial charge in [-0.15, -0.1) is 0 Å². The molecule has 3 aromatic rings. The lowest BCUT2D eigenvalue weighted by Gasteiger charge is -2.36. The number of piperazine rings is 1. The maximum atomic E-state index is 12.7. The highest BCUT2D eigenvalue weighted by Gasteiger charge is 2.21. The van der Waals surface area contributed by atoms with Crippen molar-refractivity contribution in [2.75, 3.05) is 42.9 Å². The fourth-order valence-electron chi connectivity index (χ4n) is 3.26. The largest absolute Gasteiger partial charge is 0.366 e. The van der Waals surface area contributed by atoms with Crippen LogP contribution in [0.1, 0.15) is 17.3 Å². The summed E-state index contributed by atoms with van der Waals surface area (Å²) in [5, 5.41) is 7.61. The normalized spacial score (nSPS) is 15.3. The number of likely N-dealkylation sites (N-methyl/N-ethyl adjacent to an activating group) is 1. The Morgan fingerprint density at radius 1 is 1.22 bits per heavy atom. The summed E-state index contributed by atoms with van der Waals surface area (Å²) in [4.78, 5) is 25.5. The number of para-hydroxylation sites is 1. The van der Waals surface area contributed by atoms with Gasteiger partial charge < -0.3 is 15.1 Å². The van der Waals surface area contributed by atoms with Gasteiger partial charge in [0.25, 0.3) is 11.7 Å². The number of amides is 1. The predicted octanol–water partition coefficient (Wildman–Crippen LogP) is 2.17. The van der Waals surface area contributed by atoms with E-state index in [0.29, 0.717) is 22.1 Å². The van der Waals surface area contributed by atoms with E-state index in [1.165, 1.54) is 17.0 Å². The lowest BCUT2D eigenvalue weighted by atomic mass is 10.2. The second kappa shape index (κ2) is 7.50. The van der Waals surface area contributed by atoms with Gasteiger partial charge in [0.05, 0.1) is 22.0 Å². The quantitative estimate of drug-likeness (QED) is 0.741. The topological polar surface area (TPSA) is 78.7 Å². The van der Waals surface area contributed by atoms with E-state index in [1.54, 1.807) is 6.20 Å². The van der Waals surface area contributed by atoms with Crippen molar-refractivity contribution in [3.05, 3.63) is 47.5 Å². The van der Waals surface area contributed by atoms with Crippen LogP contribution in [0.2, 0.25) is 5.02 Å². The SMILES string of the molecule is CCN1CCN(c2c(Cl)cccc2NC(=O)c2cnc3ncnn3c2)CC1. The molecule has 2 aromatic heterocycles. The lowest BCUT2D eigenvalue weighted by Crippen LogP contribution is -2.46. The molecule has 1 aromatic carbocycles. The van der Waals surface area contributed by atoms with E-state index in [1.807, 2.05) is 18.2 Å². The van der Waals surface area contributed by atoms with E-state index in [2.05, 4.69) is 37.1 Å². The first-order valence-corrected chi connectivity index (χ1v) is 9.26. The maximum Gasteiger partial charge on any atom is 0.258 e. The molecular formula is C18H20ClN7O. The number of nitrogens with zero attached hydrogens (tertiary/aromatic N) is 6. The lowest BCUT2D eigenvalue weighted by molar-refractivity contribution is 0.102. The molecule has 1 fully saturated rings. The number of benzene rings is 1. The number of carbonyl (C=O) groups excluding carboxylic acids is 1. The Labute approximate surface area is 161 Å². The molecule has 0 unspecified atom stereocenters. The van der Waals surface area contributed by atoms with Crippen LogP contribution in [0.3, 0.4) is 0 Å². The summed E-state index contributed by atoms with van der Waals surface area (Å²) in [6, 6.07) is 5.55. The molecule has 0 atom stereocenters. The second-order valence-electron chi connectivity index (χ2n) is 6.36. The van der Waals surface area contributed by atoms with Crippen LogP contribution >= 0.6 is 11.6 Å². The van der Waals surface area contributed by atoms with Crippen molar-refractivity contribution in [3.8, 4) is 0 Å². The highest BCUT2D eigenvalue weighted by atomic mass is 35.5. The van der Waals surface area contributed by atoms with Gasteiger partial charge in [-0.3, -0.25) is 4.79 Å². The number of hydrogen-bond acceptors (Lipinski definition) is 6. The Kier molecular flexibility index (Phi) is 4.91. The number of anilines is 2. The fraction of sp³-hybridized carbons (Fsp3) is 0.333. The molecule has 1 saturated heterocycles. The third-order valence-electron chi connectivity index (χ3n) is 4.77. The minimum atomic E-state index is -0.268. The van der Waals surface area contributed by atoms with Crippen molar-refractivity contribution in [3.63, 3.8) is 0 Å². The summed E-state index contributed by atoms with van der Waals surface area (Å²) in [7, 11) is 0. The number of fused-ring (bicyclic) bond motifs is 1. The van der Waals surface area contributed by atoms with Gasteiger partial charge >= 0.3 is 0 Å². The summed E-state index contributed by atoms with van der Waals surface area (Å²) in [5.41, 5.74) is 1.95. The van der Waals surface area contributed by atoms with Gasteiger partial charge in [-0.05, 0) is 18.7 Å². The van der Waals surface area contributed by atoms with Gasteiger partial charge in [0.15, 0.2) is 0 Å². The van der Waals surface area contributed by atoms with Gasteiger partial charge in [-0.25, -0.2) is 9.50 Å². The monoisotopic (exact) mass is 385 g/mol. The number of carbonyl (C=O) groups is 1. The van der Waals surface area contributed by atoms with Crippen LogP contribution in [0, 0.1) is 0 Å². The summed E-state index contributed by atoms with van der Waals surface area (Å²) in [6.07, 6.45) is 4.49. The minimum absolute atomic E-state index is 0.268. The molecule has 4 rings (SSSR count). The zero-order valence-electron chi connectivity index (χ0n) is 15.0. The van der Waals surface area contributed by atoms with Crippen molar-refractivity contribution in [1.29, 1.82) is 0 Å². The zero-order chi connectivity index (χ0) is 18.8. The van der Waals surface area contributed by atoms with Crippen LogP contribution < -0.4 is 10.2 Å². The predicted molar refractivity (Wildman–Crippen MR) is 105 cm³/mol. The number of nitrogens with one attached hydrogen (secondary N) is 1. The average Bonchev–Trinajstić information content (AvgIpc) is 3.16. The van der Waals surface area contributed by atoms with E-state index in [9.17, 15) is 4.79 Å². The van der Waals surface area contributed by atoms with Crippen molar-refractivity contribution in [1.82, 2.24) is 24.5 Å². The van der Waals surface area contributed by atoms with E-state index in [4.69, 9.17) is 11.6 Å². The number of hydrogen-bond donors (Lipinski definition) is 1. The van der Waals surface area contributed by atoms with E-state index < -0.39 is 0 Å². The molecule has 0 radical (unpaired) electrons. The Hall–Kier alpha value is -2.71. The molecule has 8 nitrogen and oxygen atoms in total. The standard InChI is InChI=1S/C18H20ClN7O/c1-2-24-6-8-25(9-7-24)16-14(19)4-3-5-15(16)23-17(27)13-10-20-18-21-12-22-26(18)11-13/h3-5,10-12H,2,6-9H2,1H3,(H,23,27). The highest BCUT2D eigenvalue weighted by molar-refractivity contribution is 6.34. The van der Waals surface area contributed by atoms with E-state index in [-0.39, 0.29) is 5.91 Å². The van der Waals surface area contributed by atoms with Crippen molar-refractivity contribution >= 4 is 34.7 Å². The Morgan fingerprint density at radius 3 is 2.81 bits per heavy atom. The van der Waals surface area contributed by atoms with Crippen LogP contribution in [0.5, 0.6) is 0 Å². The Balaban J connectivity index is 1.58. The zero-order valence-corrected chi connectivity index (χ0v) is 15.7. The van der Waals surface area contributed by atoms with Crippen molar-refractivity contribution < 1.29 is 4.79 Å². The van der Waals surface area contributed by atoms with Crippen molar-refractivity contribution in [2.24, 2.45) is 0 Å². The molecule has 0 aliphatic carbocycles. The van der Waals surface area contributed by atoms with Crippen LogP contribution in [-0.4, -0.2) is 63.1 Å². The first-order chi connectivity index (χ1) is 13.2. The molecule has 27 heavy (non-hydrogen) atoms. The Morgan fingerprint density at radius 2 is 2.04 bits per heavy atom.